The summed E-state index contributed by atoms with van der Waals surface area (Å²) in [5, 5.41) is 11.4. The SMILES string of the molecule is O=C(O)C(F)(F)F.O=C([C@H]1CCCN1C(=O)c1cc2c(Br)cncc2s1)N1CCNCC1. The molecule has 0 spiro atoms. The number of carbonyl (C=O) groups excluding carboxylic acids is 2. The summed E-state index contributed by atoms with van der Waals surface area (Å²) in [6.45, 7) is 3.74. The van der Waals surface area contributed by atoms with Gasteiger partial charge in [0.25, 0.3) is 5.91 Å². The fraction of sp³-hybridized carbons (Fsp3) is 0.474. The maximum Gasteiger partial charge on any atom is 0.490 e. The highest BCUT2D eigenvalue weighted by molar-refractivity contribution is 9.10. The number of hydrogen-bond acceptors (Lipinski definition) is 6. The van der Waals surface area contributed by atoms with Crippen LogP contribution in [0.2, 0.25) is 0 Å². The predicted octanol–water partition coefficient (Wildman–Crippen LogP) is 2.73. The first-order valence-corrected chi connectivity index (χ1v) is 11.3. The van der Waals surface area contributed by atoms with Crippen LogP contribution in [0.4, 0.5) is 13.2 Å². The van der Waals surface area contributed by atoms with Crippen LogP contribution in [0.25, 0.3) is 10.1 Å². The second-order valence-corrected chi connectivity index (χ2v) is 9.12. The first-order chi connectivity index (χ1) is 15.1. The molecule has 0 bridgehead atoms. The fourth-order valence-electron chi connectivity index (χ4n) is 3.54. The van der Waals surface area contributed by atoms with E-state index in [1.165, 1.54) is 11.3 Å². The number of likely N-dealkylation sites (tertiary alicyclic amines) is 1. The van der Waals surface area contributed by atoms with Gasteiger partial charge in [0.1, 0.15) is 6.04 Å². The fourth-order valence-corrected chi connectivity index (χ4v) is 5.13. The number of hydrogen-bond donors (Lipinski definition) is 2. The molecule has 0 unspecified atom stereocenters. The van der Waals surface area contributed by atoms with Crippen LogP contribution in [0.15, 0.2) is 22.9 Å². The van der Waals surface area contributed by atoms with Gasteiger partial charge in [0, 0.05) is 55.0 Å². The number of alkyl halides is 3. The lowest BCUT2D eigenvalue weighted by Crippen LogP contribution is -2.53. The molecule has 4 rings (SSSR count). The first-order valence-electron chi connectivity index (χ1n) is 9.73. The van der Waals surface area contributed by atoms with Crippen molar-refractivity contribution in [1.82, 2.24) is 20.1 Å². The zero-order valence-corrected chi connectivity index (χ0v) is 19.1. The summed E-state index contributed by atoms with van der Waals surface area (Å²) in [5.41, 5.74) is 0. The van der Waals surface area contributed by atoms with Gasteiger partial charge in [-0.25, -0.2) is 4.79 Å². The van der Waals surface area contributed by atoms with Crippen LogP contribution >= 0.6 is 27.3 Å². The minimum atomic E-state index is -5.08. The van der Waals surface area contributed by atoms with E-state index in [9.17, 15) is 22.8 Å². The van der Waals surface area contributed by atoms with Gasteiger partial charge in [0.05, 0.1) is 9.58 Å². The first kappa shape index (κ1) is 24.4. The minimum Gasteiger partial charge on any atom is -0.475 e. The largest absolute Gasteiger partial charge is 0.490 e. The third-order valence-corrected chi connectivity index (χ3v) is 6.77. The van der Waals surface area contributed by atoms with Gasteiger partial charge in [0.15, 0.2) is 0 Å². The van der Waals surface area contributed by atoms with Crippen LogP contribution < -0.4 is 5.32 Å². The molecule has 0 aromatic carbocycles. The van der Waals surface area contributed by atoms with Crippen molar-refractivity contribution < 1.29 is 32.7 Å². The van der Waals surface area contributed by atoms with Gasteiger partial charge in [-0.05, 0) is 34.8 Å². The normalized spacial score (nSPS) is 18.9. The smallest absolute Gasteiger partial charge is 0.475 e. The molecule has 0 aliphatic carbocycles. The summed E-state index contributed by atoms with van der Waals surface area (Å²) in [7, 11) is 0. The van der Waals surface area contributed by atoms with E-state index in [-0.39, 0.29) is 17.9 Å². The van der Waals surface area contributed by atoms with Gasteiger partial charge < -0.3 is 20.2 Å². The number of pyridine rings is 1. The number of carboxylic acids is 1. The average Bonchev–Trinajstić information content (AvgIpc) is 3.41. The number of carboxylic acid groups (broad SMARTS) is 1. The highest BCUT2D eigenvalue weighted by Gasteiger charge is 2.38. The number of aromatic nitrogens is 1. The zero-order chi connectivity index (χ0) is 23.5. The van der Waals surface area contributed by atoms with Crippen molar-refractivity contribution in [2.75, 3.05) is 32.7 Å². The molecule has 8 nitrogen and oxygen atoms in total. The molecule has 2 saturated heterocycles. The van der Waals surface area contributed by atoms with Crippen molar-refractivity contribution >= 4 is 55.1 Å². The Kier molecular flexibility index (Phi) is 7.72. The molecular weight excluding hydrogens is 517 g/mol. The average molecular weight is 537 g/mol. The predicted molar refractivity (Wildman–Crippen MR) is 115 cm³/mol. The van der Waals surface area contributed by atoms with E-state index >= 15 is 0 Å². The molecule has 32 heavy (non-hydrogen) atoms. The summed E-state index contributed by atoms with van der Waals surface area (Å²) < 4.78 is 33.6. The van der Waals surface area contributed by atoms with Crippen LogP contribution in [0.3, 0.4) is 0 Å². The maximum atomic E-state index is 13.0. The number of aliphatic carboxylic acids is 1. The Morgan fingerprint density at radius 1 is 1.19 bits per heavy atom. The molecular formula is C19H20BrF3N4O4S. The second kappa shape index (κ2) is 10.1. The van der Waals surface area contributed by atoms with Crippen LogP contribution in [0.1, 0.15) is 22.5 Å². The number of nitrogens with one attached hydrogen (secondary N) is 1. The van der Waals surface area contributed by atoms with E-state index in [0.717, 1.165) is 53.6 Å². The quantitative estimate of drug-likeness (QED) is 0.611. The van der Waals surface area contributed by atoms with Gasteiger partial charge >= 0.3 is 12.1 Å². The number of amides is 2. The molecule has 0 saturated carbocycles. The number of halogens is 4. The van der Waals surface area contributed by atoms with Gasteiger partial charge in [-0.3, -0.25) is 14.6 Å². The number of fused-ring (bicyclic) bond motifs is 1. The Bertz CT molecular complexity index is 1010. The molecule has 2 fully saturated rings. The van der Waals surface area contributed by atoms with E-state index in [2.05, 4.69) is 26.2 Å². The third-order valence-electron chi connectivity index (χ3n) is 5.08. The van der Waals surface area contributed by atoms with Crippen molar-refractivity contribution in [3.63, 3.8) is 0 Å². The highest BCUT2D eigenvalue weighted by atomic mass is 79.9. The van der Waals surface area contributed by atoms with Crippen LogP contribution in [-0.2, 0) is 9.59 Å². The van der Waals surface area contributed by atoms with Crippen molar-refractivity contribution in [2.45, 2.75) is 25.1 Å². The van der Waals surface area contributed by atoms with Crippen molar-refractivity contribution in [3.05, 3.63) is 27.8 Å². The zero-order valence-electron chi connectivity index (χ0n) is 16.7. The summed E-state index contributed by atoms with van der Waals surface area (Å²) in [4.78, 5) is 43.3. The van der Waals surface area contributed by atoms with E-state index in [1.54, 1.807) is 17.3 Å². The molecule has 13 heteroatoms. The Morgan fingerprint density at radius 2 is 1.84 bits per heavy atom. The van der Waals surface area contributed by atoms with Crippen molar-refractivity contribution in [1.29, 1.82) is 0 Å². The van der Waals surface area contributed by atoms with Crippen LogP contribution in [-0.4, -0.2) is 82.6 Å². The summed E-state index contributed by atoms with van der Waals surface area (Å²) >= 11 is 4.92. The van der Waals surface area contributed by atoms with Crippen LogP contribution in [0.5, 0.6) is 0 Å². The summed E-state index contributed by atoms with van der Waals surface area (Å²) in [5.74, 6) is -2.71. The Balaban J connectivity index is 0.000000360. The molecule has 2 N–H and O–H groups in total. The summed E-state index contributed by atoms with van der Waals surface area (Å²) in [6.07, 6.45) is 0.0554. The number of rotatable bonds is 2. The molecule has 2 amide bonds. The lowest BCUT2D eigenvalue weighted by molar-refractivity contribution is -0.192. The van der Waals surface area contributed by atoms with E-state index in [1.807, 2.05) is 11.0 Å². The van der Waals surface area contributed by atoms with Crippen molar-refractivity contribution in [2.24, 2.45) is 0 Å². The highest BCUT2D eigenvalue weighted by Crippen LogP contribution is 2.32. The van der Waals surface area contributed by atoms with Gasteiger partial charge in [-0.1, -0.05) is 0 Å². The molecule has 174 valence electrons. The van der Waals surface area contributed by atoms with E-state index < -0.39 is 12.1 Å². The molecule has 1 atom stereocenters. The van der Waals surface area contributed by atoms with Gasteiger partial charge in [-0.15, -0.1) is 11.3 Å². The molecule has 2 aromatic heterocycles. The standard InChI is InChI=1S/C17H19BrN4O2S.C2HF3O2/c18-12-9-20-10-15-11(12)8-14(25-15)17(24)22-5-1-2-13(22)16(23)21-6-3-19-4-7-21;3-2(4,5)1(6)7/h8-10,13,19H,1-7H2;(H,6,7)/t13-;/m1./s1. The molecule has 2 aromatic rings. The lowest BCUT2D eigenvalue weighted by atomic mass is 10.1. The number of thiophene rings is 1. The Hall–Kier alpha value is -2.25. The Labute approximate surface area is 193 Å². The second-order valence-electron chi connectivity index (χ2n) is 7.18. The number of carbonyl (C=O) groups is 3. The van der Waals surface area contributed by atoms with Gasteiger partial charge in [0.2, 0.25) is 5.91 Å². The monoisotopic (exact) mass is 536 g/mol. The minimum absolute atomic E-state index is 0.0425. The summed E-state index contributed by atoms with van der Waals surface area (Å²) in [6, 6.07) is 1.58. The third kappa shape index (κ3) is 5.56. The number of nitrogens with zero attached hydrogens (tertiary/aromatic N) is 3. The lowest BCUT2D eigenvalue weighted by Gasteiger charge is -2.32. The van der Waals surface area contributed by atoms with Crippen molar-refractivity contribution in [3.8, 4) is 0 Å². The topological polar surface area (TPSA) is 103 Å². The van der Waals surface area contributed by atoms with E-state index in [4.69, 9.17) is 9.90 Å². The Morgan fingerprint density at radius 3 is 2.44 bits per heavy atom. The molecule has 0 radical (unpaired) electrons. The van der Waals surface area contributed by atoms with E-state index in [0.29, 0.717) is 11.4 Å². The maximum absolute atomic E-state index is 13.0. The van der Waals surface area contributed by atoms with Gasteiger partial charge in [-0.2, -0.15) is 13.2 Å². The molecule has 2 aliphatic rings. The molecule has 4 heterocycles. The number of piperazine rings is 1. The molecule has 2 aliphatic heterocycles. The van der Waals surface area contributed by atoms with Crippen LogP contribution in [0, 0.1) is 0 Å².